The summed E-state index contributed by atoms with van der Waals surface area (Å²) < 4.78 is 0. The van der Waals surface area contributed by atoms with Crippen LogP contribution in [0, 0.1) is 5.92 Å². The Balaban J connectivity index is 2.40. The van der Waals surface area contributed by atoms with E-state index in [1.54, 1.807) is 0 Å². The van der Waals surface area contributed by atoms with Crippen LogP contribution in [0.2, 0.25) is 0 Å². The van der Waals surface area contributed by atoms with Gasteiger partial charge in [0.15, 0.2) is 0 Å². The minimum Gasteiger partial charge on any atom is -0.342 e. The first kappa shape index (κ1) is 10.0. The number of amides is 1. The number of carbonyl (C=O) groups excluding carboxylic acids is 1. The monoisotopic (exact) mass is 233 g/mol. The van der Waals surface area contributed by atoms with Gasteiger partial charge in [-0.2, -0.15) is 0 Å². The van der Waals surface area contributed by atoms with Crippen molar-refractivity contribution in [2.75, 3.05) is 18.4 Å². The van der Waals surface area contributed by atoms with Gasteiger partial charge in [-0.1, -0.05) is 29.3 Å². The van der Waals surface area contributed by atoms with Crippen LogP contribution in [0.25, 0.3) is 0 Å². The van der Waals surface area contributed by atoms with Crippen LogP contribution in [0.5, 0.6) is 0 Å². The van der Waals surface area contributed by atoms with E-state index in [-0.39, 0.29) is 5.91 Å². The van der Waals surface area contributed by atoms with Gasteiger partial charge in [0.2, 0.25) is 5.91 Å². The lowest BCUT2D eigenvalue weighted by Gasteiger charge is -2.31. The van der Waals surface area contributed by atoms with Crippen LogP contribution in [0.4, 0.5) is 0 Å². The Morgan fingerprint density at radius 1 is 1.67 bits per heavy atom. The zero-order valence-corrected chi connectivity index (χ0v) is 9.14. The van der Waals surface area contributed by atoms with Gasteiger partial charge in [-0.25, -0.2) is 0 Å². The molecule has 0 N–H and O–H groups in total. The van der Waals surface area contributed by atoms with Gasteiger partial charge in [0.25, 0.3) is 0 Å². The van der Waals surface area contributed by atoms with E-state index in [1.165, 1.54) is 19.3 Å². The minimum absolute atomic E-state index is 0.244. The summed E-state index contributed by atoms with van der Waals surface area (Å²) in [6.45, 7) is 4.13. The molecule has 0 bridgehead atoms. The quantitative estimate of drug-likeness (QED) is 0.669. The first-order valence-corrected chi connectivity index (χ1v) is 5.73. The van der Waals surface area contributed by atoms with Crippen LogP contribution in [0.15, 0.2) is 0 Å². The van der Waals surface area contributed by atoms with Gasteiger partial charge in [0.1, 0.15) is 0 Å². The molecular weight excluding hydrogens is 218 g/mol. The van der Waals surface area contributed by atoms with E-state index in [4.69, 9.17) is 0 Å². The van der Waals surface area contributed by atoms with Gasteiger partial charge in [-0.05, 0) is 18.8 Å². The fourth-order valence-corrected chi connectivity index (χ4v) is 2.06. The summed E-state index contributed by atoms with van der Waals surface area (Å²) in [4.78, 5) is 13.3. The van der Waals surface area contributed by atoms with Crippen LogP contribution in [0.3, 0.4) is 0 Å². The Morgan fingerprint density at radius 2 is 2.42 bits per heavy atom. The zero-order valence-electron chi connectivity index (χ0n) is 7.55. The van der Waals surface area contributed by atoms with E-state index >= 15 is 0 Å². The van der Waals surface area contributed by atoms with Crippen molar-refractivity contribution < 1.29 is 4.79 Å². The maximum Gasteiger partial charge on any atom is 0.233 e. The molecule has 0 saturated carbocycles. The maximum absolute atomic E-state index is 11.3. The first-order chi connectivity index (χ1) is 5.77. The highest BCUT2D eigenvalue weighted by molar-refractivity contribution is 9.09. The number of alkyl halides is 1. The molecule has 1 fully saturated rings. The van der Waals surface area contributed by atoms with Crippen LogP contribution in [-0.4, -0.2) is 29.2 Å². The molecule has 0 aromatic heterocycles. The van der Waals surface area contributed by atoms with Crippen molar-refractivity contribution in [2.45, 2.75) is 26.2 Å². The molecule has 3 heteroatoms. The van der Waals surface area contributed by atoms with Crippen molar-refractivity contribution in [2.24, 2.45) is 5.92 Å². The summed E-state index contributed by atoms with van der Waals surface area (Å²) in [5.41, 5.74) is 0. The third kappa shape index (κ3) is 2.47. The molecule has 1 aliphatic heterocycles. The highest BCUT2D eigenvalue weighted by Gasteiger charge is 2.21. The molecule has 0 spiro atoms. The van der Waals surface area contributed by atoms with E-state index in [0.29, 0.717) is 5.33 Å². The standard InChI is InChI=1S/C9H16BrNO/c1-2-8-4-3-5-11(7-8)9(12)6-10/h8H,2-7H2,1H3. The van der Waals surface area contributed by atoms with Gasteiger partial charge >= 0.3 is 0 Å². The van der Waals surface area contributed by atoms with Gasteiger partial charge < -0.3 is 4.90 Å². The Kier molecular flexibility index (Phi) is 4.06. The topological polar surface area (TPSA) is 20.3 Å². The molecule has 1 aliphatic rings. The predicted octanol–water partition coefficient (Wildman–Crippen LogP) is 2.03. The fourth-order valence-electron chi connectivity index (χ4n) is 1.71. The first-order valence-electron chi connectivity index (χ1n) is 4.61. The molecule has 0 aliphatic carbocycles. The Morgan fingerprint density at radius 3 is 3.00 bits per heavy atom. The number of rotatable bonds is 2. The third-order valence-electron chi connectivity index (χ3n) is 2.56. The van der Waals surface area contributed by atoms with Gasteiger partial charge in [-0.15, -0.1) is 0 Å². The predicted molar refractivity (Wildman–Crippen MR) is 53.4 cm³/mol. The third-order valence-corrected chi connectivity index (χ3v) is 3.04. The SMILES string of the molecule is CCC1CCCN(C(=O)CBr)C1. The van der Waals surface area contributed by atoms with Crippen LogP contribution >= 0.6 is 15.9 Å². The van der Waals surface area contributed by atoms with Crippen molar-refractivity contribution in [3.63, 3.8) is 0 Å². The lowest BCUT2D eigenvalue weighted by atomic mass is 9.96. The number of carbonyl (C=O) groups is 1. The summed E-state index contributed by atoms with van der Waals surface area (Å²) in [5.74, 6) is 0.981. The van der Waals surface area contributed by atoms with E-state index in [0.717, 1.165) is 19.0 Å². The highest BCUT2D eigenvalue weighted by atomic mass is 79.9. The number of hydrogen-bond donors (Lipinski definition) is 0. The Bertz CT molecular complexity index is 161. The number of nitrogens with zero attached hydrogens (tertiary/aromatic N) is 1. The van der Waals surface area contributed by atoms with Crippen molar-refractivity contribution >= 4 is 21.8 Å². The largest absolute Gasteiger partial charge is 0.342 e. The molecule has 1 rings (SSSR count). The summed E-state index contributed by atoms with van der Waals surface area (Å²) in [6.07, 6.45) is 3.67. The fraction of sp³-hybridized carbons (Fsp3) is 0.889. The average Bonchev–Trinajstić information content (AvgIpc) is 2.17. The second kappa shape index (κ2) is 4.85. The summed E-state index contributed by atoms with van der Waals surface area (Å²) in [5, 5.41) is 0.476. The second-order valence-corrected chi connectivity index (χ2v) is 3.95. The van der Waals surface area contributed by atoms with E-state index < -0.39 is 0 Å². The molecule has 0 radical (unpaired) electrons. The normalized spacial score (nSPS) is 24.2. The molecular formula is C9H16BrNO. The number of halogens is 1. The molecule has 0 aromatic rings. The Labute approximate surface area is 82.4 Å². The minimum atomic E-state index is 0.244. The molecule has 1 saturated heterocycles. The molecule has 12 heavy (non-hydrogen) atoms. The smallest absolute Gasteiger partial charge is 0.233 e. The van der Waals surface area contributed by atoms with Crippen LogP contribution in [0.1, 0.15) is 26.2 Å². The maximum atomic E-state index is 11.3. The molecule has 1 heterocycles. The molecule has 0 aromatic carbocycles. The van der Waals surface area contributed by atoms with Crippen molar-refractivity contribution in [3.8, 4) is 0 Å². The highest BCUT2D eigenvalue weighted by Crippen LogP contribution is 2.19. The van der Waals surface area contributed by atoms with Crippen molar-refractivity contribution in [1.29, 1.82) is 0 Å². The summed E-state index contributed by atoms with van der Waals surface area (Å²) in [6, 6.07) is 0. The zero-order chi connectivity index (χ0) is 8.97. The van der Waals surface area contributed by atoms with Crippen molar-refractivity contribution in [1.82, 2.24) is 4.90 Å². The van der Waals surface area contributed by atoms with Gasteiger partial charge in [0, 0.05) is 13.1 Å². The van der Waals surface area contributed by atoms with E-state index in [2.05, 4.69) is 22.9 Å². The number of piperidine rings is 1. The molecule has 2 nitrogen and oxygen atoms in total. The summed E-state index contributed by atoms with van der Waals surface area (Å²) in [7, 11) is 0. The molecule has 1 amide bonds. The van der Waals surface area contributed by atoms with Gasteiger partial charge in [-0.3, -0.25) is 4.79 Å². The van der Waals surface area contributed by atoms with E-state index in [9.17, 15) is 4.79 Å². The van der Waals surface area contributed by atoms with Crippen LogP contribution < -0.4 is 0 Å². The lowest BCUT2D eigenvalue weighted by molar-refractivity contribution is -0.130. The van der Waals surface area contributed by atoms with Crippen molar-refractivity contribution in [3.05, 3.63) is 0 Å². The molecule has 70 valence electrons. The lowest BCUT2D eigenvalue weighted by Crippen LogP contribution is -2.40. The van der Waals surface area contributed by atoms with Gasteiger partial charge in [0.05, 0.1) is 5.33 Å². The van der Waals surface area contributed by atoms with Crippen LogP contribution in [-0.2, 0) is 4.79 Å². The number of likely N-dealkylation sites (tertiary alicyclic amines) is 1. The summed E-state index contributed by atoms with van der Waals surface area (Å²) >= 11 is 3.20. The molecule has 1 atom stereocenters. The average molecular weight is 234 g/mol. The van der Waals surface area contributed by atoms with E-state index in [1.807, 2.05) is 4.90 Å². The second-order valence-electron chi connectivity index (χ2n) is 3.39. The Hall–Kier alpha value is -0.0500. The molecule has 1 unspecified atom stereocenters. The number of hydrogen-bond acceptors (Lipinski definition) is 1.